The summed E-state index contributed by atoms with van der Waals surface area (Å²) in [5.74, 6) is 0.624. The molecule has 0 radical (unpaired) electrons. The number of carbonyl (C=O) groups is 1. The van der Waals surface area contributed by atoms with Gasteiger partial charge in [0.1, 0.15) is 12.4 Å². The van der Waals surface area contributed by atoms with E-state index in [9.17, 15) is 4.79 Å². The van der Waals surface area contributed by atoms with Crippen LogP contribution in [0.5, 0.6) is 5.75 Å². The topological polar surface area (TPSA) is 48.0 Å². The molecule has 0 N–H and O–H groups in total. The second-order valence-corrected chi connectivity index (χ2v) is 14.8. The highest BCUT2D eigenvalue weighted by Crippen LogP contribution is 2.42. The number of fused-ring (bicyclic) bond motifs is 2. The van der Waals surface area contributed by atoms with Crippen LogP contribution < -0.4 is 4.74 Å². The van der Waals surface area contributed by atoms with E-state index in [2.05, 4.69) is 57.9 Å². The van der Waals surface area contributed by atoms with Crippen LogP contribution in [0, 0.1) is 0 Å². The molecular formula is C24H37NO4Si. The molecule has 0 aromatic heterocycles. The van der Waals surface area contributed by atoms with E-state index < -0.39 is 8.32 Å². The van der Waals surface area contributed by atoms with Crippen molar-refractivity contribution < 1.29 is 18.7 Å². The highest BCUT2D eigenvalue weighted by atomic mass is 28.4. The number of rotatable bonds is 7. The van der Waals surface area contributed by atoms with Crippen molar-refractivity contribution in [2.24, 2.45) is 0 Å². The van der Waals surface area contributed by atoms with E-state index in [1.807, 2.05) is 12.1 Å². The summed E-state index contributed by atoms with van der Waals surface area (Å²) in [5, 5.41) is 0.202. The van der Waals surface area contributed by atoms with Gasteiger partial charge in [0.25, 0.3) is 0 Å². The number of nitrogens with zero attached hydrogens (tertiary/aromatic N) is 1. The lowest BCUT2D eigenvalue weighted by Crippen LogP contribution is -2.41. The van der Waals surface area contributed by atoms with E-state index in [1.165, 1.54) is 7.11 Å². The summed E-state index contributed by atoms with van der Waals surface area (Å²) >= 11 is 0. The van der Waals surface area contributed by atoms with Gasteiger partial charge in [-0.05, 0) is 67.7 Å². The number of hydrogen-bond acceptors (Lipinski definition) is 5. The molecular weight excluding hydrogens is 394 g/mol. The van der Waals surface area contributed by atoms with E-state index >= 15 is 0 Å². The number of benzene rings is 1. The molecule has 1 saturated heterocycles. The summed E-state index contributed by atoms with van der Waals surface area (Å²) in [6, 6.07) is 8.77. The van der Waals surface area contributed by atoms with Crippen LogP contribution in [0.1, 0.15) is 45.6 Å². The van der Waals surface area contributed by atoms with Crippen molar-refractivity contribution >= 4 is 19.9 Å². The number of ether oxygens (including phenoxy) is 2. The van der Waals surface area contributed by atoms with Gasteiger partial charge in [-0.25, -0.2) is 4.79 Å². The molecule has 1 aromatic rings. The monoisotopic (exact) mass is 431 g/mol. The molecule has 0 amide bonds. The Morgan fingerprint density at radius 1 is 1.13 bits per heavy atom. The van der Waals surface area contributed by atoms with Gasteiger partial charge in [-0.15, -0.1) is 0 Å². The molecule has 1 unspecified atom stereocenters. The van der Waals surface area contributed by atoms with Gasteiger partial charge in [-0.1, -0.05) is 32.9 Å². The maximum atomic E-state index is 12.5. The van der Waals surface area contributed by atoms with Crippen LogP contribution in [0.3, 0.4) is 0 Å². The second-order valence-electron chi connectivity index (χ2n) is 9.98. The van der Waals surface area contributed by atoms with E-state index in [0.717, 1.165) is 41.7 Å². The van der Waals surface area contributed by atoms with Gasteiger partial charge in [0, 0.05) is 12.1 Å². The van der Waals surface area contributed by atoms with Crippen molar-refractivity contribution in [3.63, 3.8) is 0 Å². The highest BCUT2D eigenvalue weighted by molar-refractivity contribution is 6.74. The Hall–Kier alpha value is -1.63. The van der Waals surface area contributed by atoms with Gasteiger partial charge in [0.05, 0.1) is 19.3 Å². The molecule has 6 heteroatoms. The molecule has 1 fully saturated rings. The van der Waals surface area contributed by atoms with Crippen LogP contribution in [-0.2, 0) is 14.0 Å². The summed E-state index contributed by atoms with van der Waals surface area (Å²) in [4.78, 5) is 14.9. The molecule has 0 saturated carbocycles. The minimum atomic E-state index is -1.74. The Labute approximate surface area is 182 Å². The third-order valence-corrected chi connectivity index (χ3v) is 11.7. The molecule has 3 rings (SSSR count). The normalized spacial score (nSPS) is 22.4. The lowest BCUT2D eigenvalue weighted by atomic mass is 9.88. The van der Waals surface area contributed by atoms with Gasteiger partial charge in [0.15, 0.2) is 8.32 Å². The Bertz CT molecular complexity index is 794. The van der Waals surface area contributed by atoms with Gasteiger partial charge >= 0.3 is 5.97 Å². The Morgan fingerprint density at radius 2 is 1.80 bits per heavy atom. The molecule has 0 spiro atoms. The van der Waals surface area contributed by atoms with Crippen LogP contribution >= 0.6 is 0 Å². The first-order chi connectivity index (χ1) is 14.0. The molecule has 166 valence electrons. The molecule has 2 atom stereocenters. The van der Waals surface area contributed by atoms with Gasteiger partial charge in [0.2, 0.25) is 0 Å². The Balaban J connectivity index is 1.66. The van der Waals surface area contributed by atoms with Crippen LogP contribution in [0.4, 0.5) is 0 Å². The quantitative estimate of drug-likeness (QED) is 0.350. The fourth-order valence-corrected chi connectivity index (χ4v) is 5.25. The first-order valence-electron chi connectivity index (χ1n) is 11.0. The second kappa shape index (κ2) is 8.85. The van der Waals surface area contributed by atoms with Crippen molar-refractivity contribution in [1.82, 2.24) is 4.90 Å². The summed E-state index contributed by atoms with van der Waals surface area (Å²) < 4.78 is 17.2. The summed E-state index contributed by atoms with van der Waals surface area (Å²) in [6.07, 6.45) is 3.03. The van der Waals surface area contributed by atoms with Gasteiger partial charge in [-0.3, -0.25) is 4.90 Å². The number of hydrogen-bond donors (Lipinski definition) is 0. The van der Waals surface area contributed by atoms with Crippen molar-refractivity contribution in [2.45, 2.75) is 70.2 Å². The Kier molecular flexibility index (Phi) is 6.80. The molecule has 30 heavy (non-hydrogen) atoms. The van der Waals surface area contributed by atoms with E-state index in [1.54, 1.807) is 0 Å². The maximum Gasteiger partial charge on any atom is 0.335 e. The first kappa shape index (κ1) is 23.0. The Morgan fingerprint density at radius 3 is 2.40 bits per heavy atom. The minimum Gasteiger partial charge on any atom is -0.491 e. The number of esters is 1. The van der Waals surface area contributed by atoms with Crippen molar-refractivity contribution in [3.8, 4) is 5.75 Å². The predicted molar refractivity (Wildman–Crippen MR) is 123 cm³/mol. The standard InChI is InChI=1S/C24H37NO4Si/c1-24(2,3)30(6,7)29-15-14-28-19-11-8-17(9-12-19)20-16-18-10-13-21(25(18)4)22(20)23(26)27-5/h8-9,11-12,18,21H,10,13-16H2,1-7H3/t18-,21?/m0/s1. The molecule has 0 aliphatic carbocycles. The fourth-order valence-electron chi connectivity index (χ4n) is 4.22. The van der Waals surface area contributed by atoms with Gasteiger partial charge < -0.3 is 13.9 Å². The molecule has 2 aliphatic heterocycles. The number of carbonyl (C=O) groups excluding carboxylic acids is 1. The fraction of sp³-hybridized carbons (Fsp3) is 0.625. The van der Waals surface area contributed by atoms with Crippen molar-refractivity contribution in [1.29, 1.82) is 0 Å². The predicted octanol–water partition coefficient (Wildman–Crippen LogP) is 4.88. The largest absolute Gasteiger partial charge is 0.491 e. The first-order valence-corrected chi connectivity index (χ1v) is 13.9. The summed E-state index contributed by atoms with van der Waals surface area (Å²) in [5.41, 5.74) is 3.04. The maximum absolute atomic E-state index is 12.5. The van der Waals surface area contributed by atoms with Crippen LogP contribution in [-0.4, -0.2) is 58.6 Å². The smallest absolute Gasteiger partial charge is 0.335 e. The van der Waals surface area contributed by atoms with E-state index in [-0.39, 0.29) is 17.0 Å². The lowest BCUT2D eigenvalue weighted by molar-refractivity contribution is -0.136. The third-order valence-electron chi connectivity index (χ3n) is 7.17. The molecule has 2 heterocycles. The van der Waals surface area contributed by atoms with E-state index in [4.69, 9.17) is 13.9 Å². The van der Waals surface area contributed by atoms with Crippen LogP contribution in [0.2, 0.25) is 18.1 Å². The molecule has 5 nitrogen and oxygen atoms in total. The summed E-state index contributed by atoms with van der Waals surface area (Å²) in [7, 11) is 1.84. The van der Waals surface area contributed by atoms with Crippen molar-refractivity contribution in [2.75, 3.05) is 27.4 Å². The van der Waals surface area contributed by atoms with E-state index in [0.29, 0.717) is 19.3 Å². The minimum absolute atomic E-state index is 0.162. The zero-order valence-corrected chi connectivity index (χ0v) is 20.6. The summed E-state index contributed by atoms with van der Waals surface area (Å²) in [6.45, 7) is 12.4. The molecule has 1 aromatic carbocycles. The molecule has 2 bridgehead atoms. The third kappa shape index (κ3) is 4.66. The van der Waals surface area contributed by atoms with Crippen LogP contribution in [0.25, 0.3) is 5.57 Å². The average Bonchev–Trinajstić information content (AvgIpc) is 2.92. The van der Waals surface area contributed by atoms with Crippen molar-refractivity contribution in [3.05, 3.63) is 35.4 Å². The lowest BCUT2D eigenvalue weighted by Gasteiger charge is -2.36. The highest BCUT2D eigenvalue weighted by Gasteiger charge is 2.42. The molecule has 2 aliphatic rings. The number of methoxy groups -OCH3 is 1. The zero-order chi connectivity index (χ0) is 22.1. The number of likely N-dealkylation sites (N-methyl/N-ethyl adjacent to an activating group) is 1. The SMILES string of the molecule is COC(=O)C1=C(c2ccc(OCCO[Si](C)(C)C(C)(C)C)cc2)C[C@@H]2CCC1N2C. The van der Waals surface area contributed by atoms with Crippen LogP contribution in [0.15, 0.2) is 29.8 Å². The average molecular weight is 432 g/mol. The zero-order valence-electron chi connectivity index (χ0n) is 19.6. The van der Waals surface area contributed by atoms with Gasteiger partial charge in [-0.2, -0.15) is 0 Å².